The molecule has 2 aromatic carbocycles. The van der Waals surface area contributed by atoms with Crippen molar-refractivity contribution in [2.45, 2.75) is 13.0 Å². The first-order valence-corrected chi connectivity index (χ1v) is 6.59. The van der Waals surface area contributed by atoms with Crippen LogP contribution in [0.4, 0.5) is 10.5 Å². The second kappa shape index (κ2) is 6.65. The van der Waals surface area contributed by atoms with Gasteiger partial charge < -0.3 is 20.5 Å². The number of amides is 2. The fraction of sp³-hybridized carbons (Fsp3) is 0.188. The first-order chi connectivity index (χ1) is 10.1. The van der Waals surface area contributed by atoms with Crippen LogP contribution in [0, 0.1) is 0 Å². The third-order valence-electron chi connectivity index (χ3n) is 3.08. The van der Waals surface area contributed by atoms with Crippen LogP contribution in [-0.4, -0.2) is 18.2 Å². The lowest BCUT2D eigenvalue weighted by molar-refractivity contribution is 0.249. The molecule has 0 heterocycles. The molecule has 0 aliphatic heterocycles. The van der Waals surface area contributed by atoms with E-state index in [-0.39, 0.29) is 17.8 Å². The van der Waals surface area contributed by atoms with Crippen LogP contribution in [0.15, 0.2) is 48.5 Å². The van der Waals surface area contributed by atoms with Gasteiger partial charge in [0.15, 0.2) is 11.5 Å². The molecule has 0 aliphatic rings. The molecule has 2 aromatic rings. The van der Waals surface area contributed by atoms with Crippen molar-refractivity contribution in [3.8, 4) is 11.5 Å². The van der Waals surface area contributed by atoms with Crippen LogP contribution < -0.4 is 15.4 Å². The summed E-state index contributed by atoms with van der Waals surface area (Å²) in [5, 5.41) is 15.2. The van der Waals surface area contributed by atoms with E-state index in [4.69, 9.17) is 4.74 Å². The van der Waals surface area contributed by atoms with Crippen LogP contribution in [0.2, 0.25) is 0 Å². The smallest absolute Gasteiger partial charge is 0.319 e. The molecule has 0 spiro atoms. The van der Waals surface area contributed by atoms with E-state index in [9.17, 15) is 9.90 Å². The Morgan fingerprint density at radius 3 is 2.52 bits per heavy atom. The van der Waals surface area contributed by atoms with Crippen molar-refractivity contribution >= 4 is 11.7 Å². The van der Waals surface area contributed by atoms with E-state index in [1.165, 1.54) is 13.2 Å². The molecule has 0 saturated heterocycles. The lowest BCUT2D eigenvalue weighted by atomic mass is 10.1. The van der Waals surface area contributed by atoms with Crippen molar-refractivity contribution in [2.24, 2.45) is 0 Å². The fourth-order valence-corrected chi connectivity index (χ4v) is 1.96. The molecule has 21 heavy (non-hydrogen) atoms. The largest absolute Gasteiger partial charge is 0.504 e. The Morgan fingerprint density at radius 2 is 1.90 bits per heavy atom. The summed E-state index contributed by atoms with van der Waals surface area (Å²) in [6, 6.07) is 13.9. The van der Waals surface area contributed by atoms with Crippen molar-refractivity contribution in [3.63, 3.8) is 0 Å². The average Bonchev–Trinajstić information content (AvgIpc) is 2.48. The lowest BCUT2D eigenvalue weighted by Crippen LogP contribution is -2.31. The standard InChI is InChI=1S/C16H18N2O3/c1-11(12-6-4-3-5-7-12)17-16(20)18-13-8-9-15(21-2)14(19)10-13/h3-11,19H,1-2H3,(H2,17,18,20). The van der Waals surface area contributed by atoms with E-state index in [1.54, 1.807) is 12.1 Å². The molecule has 1 atom stereocenters. The van der Waals surface area contributed by atoms with Gasteiger partial charge in [-0.3, -0.25) is 0 Å². The number of ether oxygens (including phenoxy) is 1. The summed E-state index contributed by atoms with van der Waals surface area (Å²) in [5.41, 5.74) is 1.51. The Morgan fingerprint density at radius 1 is 1.19 bits per heavy atom. The number of phenols is 1. The van der Waals surface area contributed by atoms with Crippen molar-refractivity contribution in [1.29, 1.82) is 0 Å². The Balaban J connectivity index is 1.97. The predicted molar refractivity (Wildman–Crippen MR) is 81.7 cm³/mol. The number of anilines is 1. The summed E-state index contributed by atoms with van der Waals surface area (Å²) in [6.07, 6.45) is 0. The van der Waals surface area contributed by atoms with E-state index in [2.05, 4.69) is 10.6 Å². The summed E-state index contributed by atoms with van der Waals surface area (Å²) < 4.78 is 4.95. The summed E-state index contributed by atoms with van der Waals surface area (Å²) in [6.45, 7) is 1.90. The Hall–Kier alpha value is -2.69. The molecule has 0 fully saturated rings. The molecule has 110 valence electrons. The number of hydrogen-bond acceptors (Lipinski definition) is 3. The Labute approximate surface area is 123 Å². The third kappa shape index (κ3) is 3.89. The average molecular weight is 286 g/mol. The van der Waals surface area contributed by atoms with Gasteiger partial charge in [0.25, 0.3) is 0 Å². The van der Waals surface area contributed by atoms with Gasteiger partial charge in [-0.25, -0.2) is 4.79 Å². The third-order valence-corrected chi connectivity index (χ3v) is 3.08. The maximum absolute atomic E-state index is 11.9. The molecular formula is C16H18N2O3. The van der Waals surface area contributed by atoms with Gasteiger partial charge in [-0.15, -0.1) is 0 Å². The number of carbonyl (C=O) groups excluding carboxylic acids is 1. The van der Waals surface area contributed by atoms with Crippen molar-refractivity contribution < 1.29 is 14.6 Å². The highest BCUT2D eigenvalue weighted by Crippen LogP contribution is 2.28. The van der Waals surface area contributed by atoms with Crippen molar-refractivity contribution in [3.05, 3.63) is 54.1 Å². The van der Waals surface area contributed by atoms with Crippen LogP contribution in [0.5, 0.6) is 11.5 Å². The van der Waals surface area contributed by atoms with E-state index in [0.717, 1.165) is 5.56 Å². The van der Waals surface area contributed by atoms with Gasteiger partial charge in [0.05, 0.1) is 13.2 Å². The van der Waals surface area contributed by atoms with Crippen LogP contribution in [-0.2, 0) is 0 Å². The molecule has 0 bridgehead atoms. The van der Waals surface area contributed by atoms with Crippen LogP contribution in [0.3, 0.4) is 0 Å². The molecular weight excluding hydrogens is 268 g/mol. The molecule has 0 saturated carbocycles. The minimum absolute atomic E-state index is 0.0218. The predicted octanol–water partition coefficient (Wildman–Crippen LogP) is 3.28. The molecule has 5 heteroatoms. The van der Waals surface area contributed by atoms with Gasteiger partial charge >= 0.3 is 6.03 Å². The summed E-state index contributed by atoms with van der Waals surface area (Å²) >= 11 is 0. The summed E-state index contributed by atoms with van der Waals surface area (Å²) in [5.74, 6) is 0.338. The topological polar surface area (TPSA) is 70.6 Å². The first-order valence-electron chi connectivity index (χ1n) is 6.59. The van der Waals surface area contributed by atoms with Gasteiger partial charge in [-0.2, -0.15) is 0 Å². The quantitative estimate of drug-likeness (QED) is 0.807. The van der Waals surface area contributed by atoms with Gasteiger partial charge in [-0.05, 0) is 24.6 Å². The van der Waals surface area contributed by atoms with E-state index >= 15 is 0 Å². The van der Waals surface area contributed by atoms with Crippen LogP contribution >= 0.6 is 0 Å². The molecule has 5 nitrogen and oxygen atoms in total. The number of benzene rings is 2. The number of aromatic hydroxyl groups is 1. The highest BCUT2D eigenvalue weighted by Gasteiger charge is 2.10. The highest BCUT2D eigenvalue weighted by molar-refractivity contribution is 5.89. The number of rotatable bonds is 4. The maximum atomic E-state index is 11.9. The molecule has 2 amide bonds. The second-order valence-electron chi connectivity index (χ2n) is 4.62. The second-order valence-corrected chi connectivity index (χ2v) is 4.62. The van der Waals surface area contributed by atoms with E-state index in [1.807, 2.05) is 37.3 Å². The molecule has 3 N–H and O–H groups in total. The fourth-order valence-electron chi connectivity index (χ4n) is 1.96. The van der Waals surface area contributed by atoms with Crippen molar-refractivity contribution in [2.75, 3.05) is 12.4 Å². The zero-order valence-electron chi connectivity index (χ0n) is 12.0. The molecule has 0 aromatic heterocycles. The molecule has 2 rings (SSSR count). The van der Waals surface area contributed by atoms with Gasteiger partial charge in [0.2, 0.25) is 0 Å². The van der Waals surface area contributed by atoms with E-state index < -0.39 is 0 Å². The zero-order valence-corrected chi connectivity index (χ0v) is 12.0. The number of hydrogen-bond donors (Lipinski definition) is 3. The van der Waals surface area contributed by atoms with E-state index in [0.29, 0.717) is 11.4 Å². The zero-order chi connectivity index (χ0) is 15.2. The van der Waals surface area contributed by atoms with Gasteiger partial charge in [0, 0.05) is 11.8 Å². The molecule has 1 unspecified atom stereocenters. The summed E-state index contributed by atoms with van der Waals surface area (Å²) in [7, 11) is 1.47. The maximum Gasteiger partial charge on any atom is 0.319 e. The Bertz CT molecular complexity index is 614. The molecule has 0 radical (unpaired) electrons. The number of carbonyl (C=O) groups is 1. The Kier molecular flexibility index (Phi) is 4.66. The molecule has 0 aliphatic carbocycles. The monoisotopic (exact) mass is 286 g/mol. The minimum atomic E-state index is -0.337. The number of methoxy groups -OCH3 is 1. The lowest BCUT2D eigenvalue weighted by Gasteiger charge is -2.15. The van der Waals surface area contributed by atoms with Crippen LogP contribution in [0.25, 0.3) is 0 Å². The number of nitrogens with one attached hydrogen (secondary N) is 2. The number of phenolic OH excluding ortho intramolecular Hbond substituents is 1. The van der Waals surface area contributed by atoms with Crippen molar-refractivity contribution in [1.82, 2.24) is 5.32 Å². The number of urea groups is 1. The summed E-state index contributed by atoms with van der Waals surface area (Å²) in [4.78, 5) is 11.9. The van der Waals surface area contributed by atoms with Gasteiger partial charge in [-0.1, -0.05) is 30.3 Å². The first kappa shape index (κ1) is 14.7. The van der Waals surface area contributed by atoms with Gasteiger partial charge in [0.1, 0.15) is 0 Å². The normalized spacial score (nSPS) is 11.5. The minimum Gasteiger partial charge on any atom is -0.504 e. The highest BCUT2D eigenvalue weighted by atomic mass is 16.5. The van der Waals surface area contributed by atoms with Crippen LogP contribution in [0.1, 0.15) is 18.5 Å². The SMILES string of the molecule is COc1ccc(NC(=O)NC(C)c2ccccc2)cc1O.